The molecule has 0 radical (unpaired) electrons. The summed E-state index contributed by atoms with van der Waals surface area (Å²) in [4.78, 5) is 27.8. The van der Waals surface area contributed by atoms with Crippen molar-refractivity contribution < 1.29 is 23.1 Å². The van der Waals surface area contributed by atoms with E-state index in [4.69, 9.17) is 16.7 Å². The van der Waals surface area contributed by atoms with E-state index in [0.29, 0.717) is 12.1 Å². The van der Waals surface area contributed by atoms with Crippen LogP contribution in [0.4, 0.5) is 24.7 Å². The van der Waals surface area contributed by atoms with Gasteiger partial charge in [-0.3, -0.25) is 14.2 Å². The van der Waals surface area contributed by atoms with Crippen LogP contribution in [0.2, 0.25) is 5.02 Å². The van der Waals surface area contributed by atoms with E-state index >= 15 is 0 Å². The van der Waals surface area contributed by atoms with Gasteiger partial charge in [-0.1, -0.05) is 23.7 Å². The predicted molar refractivity (Wildman–Crippen MR) is 108 cm³/mol. The Balaban J connectivity index is 1.58. The van der Waals surface area contributed by atoms with Gasteiger partial charge in [0.1, 0.15) is 0 Å². The van der Waals surface area contributed by atoms with Crippen LogP contribution in [0.3, 0.4) is 0 Å². The number of aromatic nitrogens is 2. The fourth-order valence-corrected chi connectivity index (χ4v) is 3.57. The number of halogens is 4. The Labute approximate surface area is 178 Å². The van der Waals surface area contributed by atoms with Gasteiger partial charge >= 0.3 is 12.1 Å². The second kappa shape index (κ2) is 7.73. The Morgan fingerprint density at radius 3 is 2.48 bits per heavy atom. The minimum atomic E-state index is -4.53. The topological polar surface area (TPSA) is 84.2 Å². The summed E-state index contributed by atoms with van der Waals surface area (Å²) in [7, 11) is 0. The molecular formula is C21H15ClF3N3O3. The molecule has 1 aliphatic carbocycles. The summed E-state index contributed by atoms with van der Waals surface area (Å²) in [6.45, 7) is 0. The summed E-state index contributed by atoms with van der Waals surface area (Å²) in [5.41, 5.74) is 0.0996. The molecule has 1 aliphatic rings. The zero-order valence-corrected chi connectivity index (χ0v) is 16.5. The van der Waals surface area contributed by atoms with Crippen LogP contribution in [0, 0.1) is 5.92 Å². The second-order valence-corrected chi connectivity index (χ2v) is 7.55. The molecule has 0 amide bonds. The first kappa shape index (κ1) is 20.9. The minimum absolute atomic E-state index is 0.0280. The first-order valence-corrected chi connectivity index (χ1v) is 9.57. The number of anilines is 2. The van der Waals surface area contributed by atoms with Crippen LogP contribution in [0.25, 0.3) is 5.69 Å². The molecule has 0 unspecified atom stereocenters. The van der Waals surface area contributed by atoms with Gasteiger partial charge < -0.3 is 10.4 Å². The van der Waals surface area contributed by atoms with E-state index in [2.05, 4.69) is 10.3 Å². The van der Waals surface area contributed by atoms with Gasteiger partial charge in [-0.25, -0.2) is 4.98 Å². The molecular weight excluding hydrogens is 435 g/mol. The zero-order valence-electron chi connectivity index (χ0n) is 15.7. The highest BCUT2D eigenvalue weighted by Crippen LogP contribution is 2.47. The highest BCUT2D eigenvalue weighted by atomic mass is 35.5. The number of alkyl halides is 3. The molecule has 2 N–H and O–H groups in total. The maximum atomic E-state index is 12.8. The third kappa shape index (κ3) is 4.27. The van der Waals surface area contributed by atoms with Gasteiger partial charge in [0.15, 0.2) is 5.82 Å². The number of rotatable bonds is 5. The molecule has 10 heteroatoms. The average Bonchev–Trinajstić information content (AvgIpc) is 3.52. The molecule has 6 nitrogen and oxygen atoms in total. The maximum absolute atomic E-state index is 12.8. The normalized spacial score (nSPS) is 17.9. The summed E-state index contributed by atoms with van der Waals surface area (Å²) >= 11 is 5.94. The predicted octanol–water partition coefficient (Wildman–Crippen LogP) is 4.84. The lowest BCUT2D eigenvalue weighted by atomic mass is 10.1. The summed E-state index contributed by atoms with van der Waals surface area (Å²) in [6, 6.07) is 9.70. The molecule has 160 valence electrons. The number of nitrogens with one attached hydrogen (secondary N) is 1. The zero-order chi connectivity index (χ0) is 22.3. The Morgan fingerprint density at radius 1 is 1.19 bits per heavy atom. The van der Waals surface area contributed by atoms with Crippen molar-refractivity contribution in [3.05, 3.63) is 81.4 Å². The molecule has 4 rings (SSSR count). The van der Waals surface area contributed by atoms with E-state index in [-0.39, 0.29) is 28.4 Å². The van der Waals surface area contributed by atoms with Gasteiger partial charge in [-0.15, -0.1) is 0 Å². The number of nitrogens with zero attached hydrogens (tertiary/aromatic N) is 2. The third-order valence-electron chi connectivity index (χ3n) is 5.10. The lowest BCUT2D eigenvalue weighted by Crippen LogP contribution is -2.22. The van der Waals surface area contributed by atoms with Crippen LogP contribution < -0.4 is 10.9 Å². The number of carboxylic acids is 1. The monoisotopic (exact) mass is 449 g/mol. The van der Waals surface area contributed by atoms with Crippen molar-refractivity contribution in [2.75, 3.05) is 5.32 Å². The van der Waals surface area contributed by atoms with Crippen molar-refractivity contribution in [2.45, 2.75) is 18.5 Å². The Hall–Kier alpha value is -3.33. The van der Waals surface area contributed by atoms with Gasteiger partial charge in [0.2, 0.25) is 0 Å². The molecule has 0 bridgehead atoms. The van der Waals surface area contributed by atoms with E-state index in [1.807, 2.05) is 0 Å². The molecule has 1 saturated carbocycles. The largest absolute Gasteiger partial charge is 0.481 e. The SMILES string of the molecule is O=C(O)[C@H]1C[C@@H]1c1ccc(-n2ccnc(Nc3ccc(C(F)(F)F)cc3Cl)c2=O)cc1. The quantitative estimate of drug-likeness (QED) is 0.582. The highest BCUT2D eigenvalue weighted by molar-refractivity contribution is 6.33. The molecule has 1 aromatic heterocycles. The van der Waals surface area contributed by atoms with Gasteiger partial charge in [0, 0.05) is 18.1 Å². The van der Waals surface area contributed by atoms with Crippen molar-refractivity contribution in [1.29, 1.82) is 0 Å². The molecule has 31 heavy (non-hydrogen) atoms. The number of aliphatic carboxylic acids is 1. The van der Waals surface area contributed by atoms with E-state index in [0.717, 1.165) is 23.8 Å². The van der Waals surface area contributed by atoms with Gasteiger partial charge in [0.05, 0.1) is 22.2 Å². The standard InChI is InChI=1S/C21H15ClF3N3O3/c22-16-9-12(21(23,24)25)3-6-17(16)27-18-19(29)28(8-7-26-18)13-4-1-11(2-5-13)14-10-15(14)20(30)31/h1-9,14-15H,10H2,(H,26,27)(H,30,31)/t14-,15+/m1/s1. The van der Waals surface area contributed by atoms with Crippen LogP contribution in [-0.2, 0) is 11.0 Å². The Kier molecular flexibility index (Phi) is 5.22. The van der Waals surface area contributed by atoms with Gasteiger partial charge in [0.25, 0.3) is 5.56 Å². The second-order valence-electron chi connectivity index (χ2n) is 7.15. The molecule has 2 atom stereocenters. The van der Waals surface area contributed by atoms with Gasteiger partial charge in [-0.05, 0) is 48.2 Å². The fraction of sp³-hybridized carbons (Fsp3) is 0.190. The lowest BCUT2D eigenvalue weighted by molar-refractivity contribution is -0.139. The summed E-state index contributed by atoms with van der Waals surface area (Å²) in [6.07, 6.45) is -1.12. The first-order chi connectivity index (χ1) is 14.6. The maximum Gasteiger partial charge on any atom is 0.416 e. The van der Waals surface area contributed by atoms with Crippen LogP contribution in [0.1, 0.15) is 23.5 Å². The van der Waals surface area contributed by atoms with Crippen LogP contribution in [0.5, 0.6) is 0 Å². The van der Waals surface area contributed by atoms with Crippen molar-refractivity contribution in [3.63, 3.8) is 0 Å². The molecule has 1 fully saturated rings. The lowest BCUT2D eigenvalue weighted by Gasteiger charge is -2.12. The van der Waals surface area contributed by atoms with E-state index in [9.17, 15) is 22.8 Å². The summed E-state index contributed by atoms with van der Waals surface area (Å²) in [5, 5.41) is 11.5. The van der Waals surface area contributed by atoms with E-state index < -0.39 is 23.3 Å². The highest BCUT2D eigenvalue weighted by Gasteiger charge is 2.44. The molecule has 0 aliphatic heterocycles. The Bertz CT molecular complexity index is 1210. The molecule has 0 spiro atoms. The number of carboxylic acid groups (broad SMARTS) is 1. The van der Waals surface area contributed by atoms with Gasteiger partial charge in [-0.2, -0.15) is 13.2 Å². The Morgan fingerprint density at radius 2 is 1.90 bits per heavy atom. The number of benzene rings is 2. The van der Waals surface area contributed by atoms with Crippen LogP contribution in [-0.4, -0.2) is 20.6 Å². The van der Waals surface area contributed by atoms with Crippen LogP contribution >= 0.6 is 11.6 Å². The fourth-order valence-electron chi connectivity index (χ4n) is 3.34. The first-order valence-electron chi connectivity index (χ1n) is 9.19. The summed E-state index contributed by atoms with van der Waals surface area (Å²) < 4.78 is 39.7. The van der Waals surface area contributed by atoms with Crippen LogP contribution in [0.15, 0.2) is 59.7 Å². The third-order valence-corrected chi connectivity index (χ3v) is 5.41. The van der Waals surface area contributed by atoms with E-state index in [1.54, 1.807) is 24.3 Å². The van der Waals surface area contributed by atoms with Crippen molar-refractivity contribution >= 4 is 29.1 Å². The smallest absolute Gasteiger partial charge is 0.416 e. The number of carbonyl (C=O) groups is 1. The summed E-state index contributed by atoms with van der Waals surface area (Å²) in [5.74, 6) is -1.34. The van der Waals surface area contributed by atoms with Crippen molar-refractivity contribution in [1.82, 2.24) is 9.55 Å². The molecule has 3 aromatic rings. The average molecular weight is 450 g/mol. The molecule has 2 aromatic carbocycles. The van der Waals surface area contributed by atoms with E-state index in [1.165, 1.54) is 17.0 Å². The van der Waals surface area contributed by atoms with Crippen molar-refractivity contribution in [2.24, 2.45) is 5.92 Å². The molecule has 0 saturated heterocycles. The number of hydrogen-bond acceptors (Lipinski definition) is 4. The van der Waals surface area contributed by atoms with Crippen molar-refractivity contribution in [3.8, 4) is 5.69 Å². The number of hydrogen-bond donors (Lipinski definition) is 2. The molecule has 1 heterocycles. The minimum Gasteiger partial charge on any atom is -0.481 e.